The molecule has 0 N–H and O–H groups in total. The molecule has 0 amide bonds. The van der Waals surface area contributed by atoms with Gasteiger partial charge in [-0.1, -0.05) is 205 Å². The van der Waals surface area contributed by atoms with E-state index >= 15 is 0 Å². The standard InChI is InChI=1S/C69H73BN2/c1-44-38-62-64-63(39-44)72(59-35-31-52(67(8,9)10)41-54(59)48-18-16-15-17-19-48)61-43-56-55(68(11,12)36-37-69(56,13)14)42-58(61)70(64)57-40-49(47-22-29-51(30-23-47)66(5,6)7)26-34-60(57)71(62)53-32-24-46(25-33-53)45-20-27-50(28-21-45)65(2,3)4/h15-35,38-43H,36-37H2,1-14H3. The van der Waals surface area contributed by atoms with Crippen LogP contribution in [0.3, 0.4) is 0 Å². The largest absolute Gasteiger partial charge is 0.311 e. The molecule has 0 saturated carbocycles. The third kappa shape index (κ3) is 8.12. The van der Waals surface area contributed by atoms with Crippen molar-refractivity contribution in [3.8, 4) is 33.4 Å². The van der Waals surface area contributed by atoms with Crippen LogP contribution in [0.15, 0.2) is 164 Å². The molecular weight excluding hydrogens is 868 g/mol. The van der Waals surface area contributed by atoms with Gasteiger partial charge in [-0.3, -0.25) is 0 Å². The van der Waals surface area contributed by atoms with E-state index in [9.17, 15) is 0 Å². The van der Waals surface area contributed by atoms with Crippen LogP contribution in [-0.4, -0.2) is 6.71 Å². The van der Waals surface area contributed by atoms with Gasteiger partial charge >= 0.3 is 0 Å². The molecule has 0 radical (unpaired) electrons. The predicted molar refractivity (Wildman–Crippen MR) is 313 cm³/mol. The summed E-state index contributed by atoms with van der Waals surface area (Å²) in [5.74, 6) is 0. The van der Waals surface area contributed by atoms with Crippen LogP contribution in [0.5, 0.6) is 0 Å². The van der Waals surface area contributed by atoms with Crippen LogP contribution in [-0.2, 0) is 27.1 Å². The highest BCUT2D eigenvalue weighted by Crippen LogP contribution is 2.52. The number of hydrogen-bond acceptors (Lipinski definition) is 2. The highest BCUT2D eigenvalue weighted by Gasteiger charge is 2.47. The quantitative estimate of drug-likeness (QED) is 0.159. The summed E-state index contributed by atoms with van der Waals surface area (Å²) < 4.78 is 0. The van der Waals surface area contributed by atoms with Gasteiger partial charge in [0.15, 0.2) is 0 Å². The molecule has 1 aliphatic carbocycles. The van der Waals surface area contributed by atoms with Crippen molar-refractivity contribution in [3.63, 3.8) is 0 Å². The molecule has 8 aromatic carbocycles. The molecule has 0 atom stereocenters. The highest BCUT2D eigenvalue weighted by molar-refractivity contribution is 7.00. The number of hydrogen-bond donors (Lipinski definition) is 0. The van der Waals surface area contributed by atoms with E-state index in [-0.39, 0.29) is 33.8 Å². The van der Waals surface area contributed by atoms with Gasteiger partial charge in [-0.15, -0.1) is 0 Å². The zero-order valence-electron chi connectivity index (χ0n) is 45.5. The van der Waals surface area contributed by atoms with Gasteiger partial charge in [-0.05, 0) is 173 Å². The average Bonchev–Trinajstić information content (AvgIpc) is 3.34. The van der Waals surface area contributed by atoms with Gasteiger partial charge < -0.3 is 9.80 Å². The SMILES string of the molecule is Cc1cc2c3c(c1)N(c1ccc(C(C)(C)C)cc1-c1ccccc1)c1cc4c(cc1B3c1cc(-c3ccc(C(C)(C)C)cc3)ccc1N2c1ccc(-c2ccc(C(C)(C)C)cc2)cc1)C(C)(C)CCC4(C)C. The fourth-order valence-corrected chi connectivity index (χ4v) is 12.1. The Morgan fingerprint density at radius 3 is 1.40 bits per heavy atom. The molecule has 2 heterocycles. The lowest BCUT2D eigenvalue weighted by atomic mass is 9.33. The van der Waals surface area contributed by atoms with Crippen molar-refractivity contribution in [2.24, 2.45) is 0 Å². The van der Waals surface area contributed by atoms with Crippen LogP contribution in [0.2, 0.25) is 0 Å². The van der Waals surface area contributed by atoms with Crippen LogP contribution in [0.1, 0.15) is 136 Å². The van der Waals surface area contributed by atoms with Gasteiger partial charge in [0.05, 0.1) is 5.69 Å². The summed E-state index contributed by atoms with van der Waals surface area (Å²) in [4.78, 5) is 5.25. The maximum Gasteiger partial charge on any atom is 0.252 e. The number of aryl methyl sites for hydroxylation is 1. The molecule has 0 unspecified atom stereocenters. The normalized spacial score (nSPS) is 15.7. The minimum absolute atomic E-state index is 0.0114. The Bertz CT molecular complexity index is 3390. The zero-order chi connectivity index (χ0) is 50.9. The van der Waals surface area contributed by atoms with E-state index < -0.39 is 0 Å². The summed E-state index contributed by atoms with van der Waals surface area (Å²) in [6.07, 6.45) is 2.31. The van der Waals surface area contributed by atoms with E-state index in [1.54, 1.807) is 0 Å². The molecule has 8 aromatic rings. The van der Waals surface area contributed by atoms with Crippen molar-refractivity contribution in [2.45, 2.75) is 137 Å². The molecule has 0 spiro atoms. The van der Waals surface area contributed by atoms with E-state index in [4.69, 9.17) is 0 Å². The molecule has 0 saturated heterocycles. The highest BCUT2D eigenvalue weighted by atomic mass is 15.2. The molecule has 3 aliphatic rings. The third-order valence-corrected chi connectivity index (χ3v) is 16.7. The first-order valence-electron chi connectivity index (χ1n) is 26.6. The van der Waals surface area contributed by atoms with Crippen molar-refractivity contribution in [2.75, 3.05) is 9.80 Å². The van der Waals surface area contributed by atoms with Crippen molar-refractivity contribution in [1.29, 1.82) is 0 Å². The Labute approximate surface area is 432 Å². The molecule has 0 bridgehead atoms. The molecule has 362 valence electrons. The lowest BCUT2D eigenvalue weighted by Crippen LogP contribution is -2.62. The number of fused-ring (bicyclic) bond motifs is 5. The first kappa shape index (κ1) is 47.7. The maximum absolute atomic E-state index is 2.67. The Kier molecular flexibility index (Phi) is 11.1. The van der Waals surface area contributed by atoms with E-state index in [0.717, 1.165) is 18.5 Å². The molecule has 11 rings (SSSR count). The van der Waals surface area contributed by atoms with E-state index in [1.807, 2.05) is 0 Å². The summed E-state index contributed by atoms with van der Waals surface area (Å²) in [6, 6.07) is 63.8. The third-order valence-electron chi connectivity index (χ3n) is 16.7. The van der Waals surface area contributed by atoms with Gasteiger partial charge in [-0.25, -0.2) is 0 Å². The van der Waals surface area contributed by atoms with Crippen molar-refractivity contribution in [3.05, 3.63) is 197 Å². The van der Waals surface area contributed by atoms with Gasteiger partial charge in [0.1, 0.15) is 0 Å². The molecule has 3 heteroatoms. The smallest absolute Gasteiger partial charge is 0.252 e. The second kappa shape index (κ2) is 16.7. The maximum atomic E-state index is 2.67. The van der Waals surface area contributed by atoms with E-state index in [2.05, 4.69) is 271 Å². The predicted octanol–water partition coefficient (Wildman–Crippen LogP) is 17.3. The van der Waals surface area contributed by atoms with Gasteiger partial charge in [0, 0.05) is 34.0 Å². The number of rotatable bonds is 5. The molecule has 0 aromatic heterocycles. The molecular formula is C69H73BN2. The summed E-state index contributed by atoms with van der Waals surface area (Å²) in [5.41, 5.74) is 27.3. The minimum atomic E-state index is -0.0233. The fourth-order valence-electron chi connectivity index (χ4n) is 12.1. The molecule has 2 aliphatic heterocycles. The zero-order valence-corrected chi connectivity index (χ0v) is 45.5. The topological polar surface area (TPSA) is 6.48 Å². The Morgan fingerprint density at radius 1 is 0.389 bits per heavy atom. The minimum Gasteiger partial charge on any atom is -0.311 e. The fraction of sp³-hybridized carbons (Fsp3) is 0.304. The average molecular weight is 941 g/mol. The van der Waals surface area contributed by atoms with Gasteiger partial charge in [0.25, 0.3) is 6.71 Å². The lowest BCUT2D eigenvalue weighted by molar-refractivity contribution is 0.332. The van der Waals surface area contributed by atoms with Crippen LogP contribution >= 0.6 is 0 Å². The Balaban J connectivity index is 1.20. The lowest BCUT2D eigenvalue weighted by Gasteiger charge is -2.48. The van der Waals surface area contributed by atoms with Crippen molar-refractivity contribution in [1.82, 2.24) is 0 Å². The Hall–Kier alpha value is -6.58. The van der Waals surface area contributed by atoms with Crippen LogP contribution in [0, 0.1) is 6.92 Å². The van der Waals surface area contributed by atoms with Gasteiger partial charge in [0.2, 0.25) is 0 Å². The monoisotopic (exact) mass is 941 g/mol. The van der Waals surface area contributed by atoms with Crippen LogP contribution < -0.4 is 26.2 Å². The van der Waals surface area contributed by atoms with Gasteiger partial charge in [-0.2, -0.15) is 0 Å². The first-order valence-corrected chi connectivity index (χ1v) is 26.6. The van der Waals surface area contributed by atoms with Crippen LogP contribution in [0.4, 0.5) is 34.1 Å². The summed E-state index contributed by atoms with van der Waals surface area (Å²) in [5, 5.41) is 0. The second-order valence-corrected chi connectivity index (χ2v) is 25.9. The second-order valence-electron chi connectivity index (χ2n) is 25.9. The number of anilines is 6. The molecule has 2 nitrogen and oxygen atoms in total. The van der Waals surface area contributed by atoms with E-state index in [1.165, 1.54) is 112 Å². The Morgan fingerprint density at radius 2 is 0.847 bits per heavy atom. The molecule has 0 fully saturated rings. The number of benzene rings is 8. The summed E-state index contributed by atoms with van der Waals surface area (Å²) in [6.45, 7) is 32.9. The van der Waals surface area contributed by atoms with Crippen LogP contribution in [0.25, 0.3) is 33.4 Å². The number of nitrogens with zero attached hydrogens (tertiary/aromatic N) is 2. The molecule has 72 heavy (non-hydrogen) atoms. The van der Waals surface area contributed by atoms with E-state index in [0.29, 0.717) is 0 Å². The first-order chi connectivity index (χ1) is 34.0. The summed E-state index contributed by atoms with van der Waals surface area (Å²) in [7, 11) is 0. The van der Waals surface area contributed by atoms with Crippen molar-refractivity contribution >= 4 is 57.2 Å². The summed E-state index contributed by atoms with van der Waals surface area (Å²) >= 11 is 0. The van der Waals surface area contributed by atoms with Crippen molar-refractivity contribution < 1.29 is 0 Å².